The second-order valence-electron chi connectivity index (χ2n) is 3.34. The number of aromatic nitrogens is 4. The summed E-state index contributed by atoms with van der Waals surface area (Å²) in [5.41, 5.74) is 6.81. The molecule has 6 heteroatoms. The van der Waals surface area contributed by atoms with Gasteiger partial charge in [0.05, 0.1) is 0 Å². The molecule has 2 aromatic heterocycles. The molecule has 2 heterocycles. The summed E-state index contributed by atoms with van der Waals surface area (Å²) >= 11 is 0. The van der Waals surface area contributed by atoms with Crippen LogP contribution in [-0.2, 0) is 13.5 Å². The Morgan fingerprint density at radius 2 is 2.40 bits per heavy atom. The van der Waals surface area contributed by atoms with Gasteiger partial charge in [-0.3, -0.25) is 4.57 Å². The van der Waals surface area contributed by atoms with Crippen LogP contribution in [0.2, 0.25) is 0 Å². The minimum atomic E-state index is 0.416. The van der Waals surface area contributed by atoms with E-state index in [9.17, 15) is 0 Å². The van der Waals surface area contributed by atoms with Crippen molar-refractivity contribution < 1.29 is 0 Å². The van der Waals surface area contributed by atoms with Crippen LogP contribution in [-0.4, -0.2) is 26.3 Å². The summed E-state index contributed by atoms with van der Waals surface area (Å²) in [6, 6.07) is 2.05. The fourth-order valence-electron chi connectivity index (χ4n) is 1.33. The number of hydrogen-bond donors (Lipinski definition) is 3. The van der Waals surface area contributed by atoms with Crippen LogP contribution in [0.15, 0.2) is 18.5 Å². The second-order valence-corrected chi connectivity index (χ2v) is 3.34. The molecule has 0 atom stereocenters. The number of aromatic amines is 1. The highest BCUT2D eigenvalue weighted by Gasteiger charge is 2.03. The van der Waals surface area contributed by atoms with Crippen LogP contribution in [0, 0.1) is 0 Å². The highest BCUT2D eigenvalue weighted by atomic mass is 15.4. The Morgan fingerprint density at radius 1 is 1.53 bits per heavy atom. The smallest absolute Gasteiger partial charge is 0.225 e. The number of nitrogens with two attached hydrogens (primary N) is 1. The average Bonchev–Trinajstić information content (AvgIpc) is 2.83. The molecule has 0 aromatic carbocycles. The van der Waals surface area contributed by atoms with E-state index in [1.807, 2.05) is 25.5 Å². The SMILES string of the molecule is Cn1c(N)nnc1NCCc1cc[nH]c1. The van der Waals surface area contributed by atoms with Crippen molar-refractivity contribution >= 4 is 11.9 Å². The van der Waals surface area contributed by atoms with Crippen molar-refractivity contribution in [1.82, 2.24) is 19.7 Å². The lowest BCUT2D eigenvalue weighted by molar-refractivity contribution is 0.898. The minimum absolute atomic E-state index is 0.416. The van der Waals surface area contributed by atoms with Gasteiger partial charge < -0.3 is 16.0 Å². The molecule has 6 nitrogen and oxygen atoms in total. The molecular formula is C9H14N6. The van der Waals surface area contributed by atoms with E-state index in [2.05, 4.69) is 20.5 Å². The van der Waals surface area contributed by atoms with Gasteiger partial charge in [0, 0.05) is 26.0 Å². The largest absolute Gasteiger partial charge is 0.368 e. The first-order valence-corrected chi connectivity index (χ1v) is 4.78. The Labute approximate surface area is 87.5 Å². The lowest BCUT2D eigenvalue weighted by Crippen LogP contribution is -2.09. The van der Waals surface area contributed by atoms with Crippen molar-refractivity contribution in [3.8, 4) is 0 Å². The number of H-pyrrole nitrogens is 1. The van der Waals surface area contributed by atoms with E-state index in [1.54, 1.807) is 4.57 Å². The molecule has 0 spiro atoms. The third-order valence-electron chi connectivity index (χ3n) is 2.27. The zero-order valence-electron chi connectivity index (χ0n) is 8.57. The van der Waals surface area contributed by atoms with E-state index in [4.69, 9.17) is 5.73 Å². The minimum Gasteiger partial charge on any atom is -0.368 e. The van der Waals surface area contributed by atoms with Gasteiger partial charge in [0.1, 0.15) is 0 Å². The van der Waals surface area contributed by atoms with Gasteiger partial charge in [0.25, 0.3) is 0 Å². The molecule has 80 valence electrons. The number of hydrogen-bond acceptors (Lipinski definition) is 4. The first-order chi connectivity index (χ1) is 7.27. The number of nitrogens with zero attached hydrogens (tertiary/aromatic N) is 3. The van der Waals surface area contributed by atoms with Crippen molar-refractivity contribution in [3.63, 3.8) is 0 Å². The molecule has 0 saturated carbocycles. The quantitative estimate of drug-likeness (QED) is 0.675. The van der Waals surface area contributed by atoms with Crippen molar-refractivity contribution in [1.29, 1.82) is 0 Å². The Hall–Kier alpha value is -1.98. The van der Waals surface area contributed by atoms with E-state index in [1.165, 1.54) is 5.56 Å². The monoisotopic (exact) mass is 206 g/mol. The number of rotatable bonds is 4. The summed E-state index contributed by atoms with van der Waals surface area (Å²) in [6.07, 6.45) is 4.83. The van der Waals surface area contributed by atoms with Gasteiger partial charge in [-0.15, -0.1) is 10.2 Å². The summed E-state index contributed by atoms with van der Waals surface area (Å²) in [4.78, 5) is 3.01. The average molecular weight is 206 g/mol. The molecule has 0 saturated heterocycles. The van der Waals surface area contributed by atoms with Crippen LogP contribution < -0.4 is 11.1 Å². The molecule has 0 fully saturated rings. The van der Waals surface area contributed by atoms with Crippen molar-refractivity contribution in [3.05, 3.63) is 24.0 Å². The van der Waals surface area contributed by atoms with Crippen molar-refractivity contribution in [2.45, 2.75) is 6.42 Å². The van der Waals surface area contributed by atoms with Gasteiger partial charge in [-0.05, 0) is 18.1 Å². The van der Waals surface area contributed by atoms with Crippen molar-refractivity contribution in [2.24, 2.45) is 7.05 Å². The number of anilines is 2. The fourth-order valence-corrected chi connectivity index (χ4v) is 1.33. The topological polar surface area (TPSA) is 84.6 Å². The van der Waals surface area contributed by atoms with Gasteiger partial charge in [-0.2, -0.15) is 0 Å². The molecule has 2 rings (SSSR count). The summed E-state index contributed by atoms with van der Waals surface area (Å²) in [7, 11) is 1.83. The Bertz CT molecular complexity index is 416. The molecule has 0 unspecified atom stereocenters. The molecular weight excluding hydrogens is 192 g/mol. The zero-order chi connectivity index (χ0) is 10.7. The van der Waals surface area contributed by atoms with E-state index < -0.39 is 0 Å². The maximum atomic E-state index is 5.55. The van der Waals surface area contributed by atoms with Gasteiger partial charge >= 0.3 is 0 Å². The van der Waals surface area contributed by atoms with Crippen LogP contribution in [0.3, 0.4) is 0 Å². The molecule has 0 radical (unpaired) electrons. The Morgan fingerprint density at radius 3 is 3.00 bits per heavy atom. The fraction of sp³-hybridized carbons (Fsp3) is 0.333. The van der Waals surface area contributed by atoms with Gasteiger partial charge in [-0.1, -0.05) is 0 Å². The lowest BCUT2D eigenvalue weighted by Gasteiger charge is -2.03. The summed E-state index contributed by atoms with van der Waals surface area (Å²) in [6.45, 7) is 0.809. The summed E-state index contributed by atoms with van der Waals surface area (Å²) < 4.78 is 1.72. The lowest BCUT2D eigenvalue weighted by atomic mass is 10.2. The van der Waals surface area contributed by atoms with Crippen LogP contribution >= 0.6 is 0 Å². The standard InChI is InChI=1S/C9H14N6/c1-15-8(10)13-14-9(15)12-5-3-7-2-4-11-6-7/h2,4,6,11H,3,5H2,1H3,(H2,10,13)(H,12,14). The molecule has 15 heavy (non-hydrogen) atoms. The molecule has 0 aliphatic carbocycles. The normalized spacial score (nSPS) is 10.5. The van der Waals surface area contributed by atoms with E-state index >= 15 is 0 Å². The third kappa shape index (κ3) is 2.09. The molecule has 0 aliphatic rings. The Kier molecular flexibility index (Phi) is 2.57. The highest BCUT2D eigenvalue weighted by molar-refractivity contribution is 5.33. The zero-order valence-corrected chi connectivity index (χ0v) is 8.57. The predicted octanol–water partition coefficient (Wildman–Crippen LogP) is 0.380. The van der Waals surface area contributed by atoms with Crippen LogP contribution in [0.5, 0.6) is 0 Å². The molecule has 0 amide bonds. The van der Waals surface area contributed by atoms with Gasteiger partial charge in [0.2, 0.25) is 11.9 Å². The number of nitrogens with one attached hydrogen (secondary N) is 2. The summed E-state index contributed by atoms with van der Waals surface area (Å²) in [5.74, 6) is 1.11. The van der Waals surface area contributed by atoms with Crippen LogP contribution in [0.4, 0.5) is 11.9 Å². The first-order valence-electron chi connectivity index (χ1n) is 4.78. The van der Waals surface area contributed by atoms with E-state index in [0.29, 0.717) is 11.9 Å². The van der Waals surface area contributed by atoms with Crippen LogP contribution in [0.25, 0.3) is 0 Å². The highest BCUT2D eigenvalue weighted by Crippen LogP contribution is 2.05. The Balaban J connectivity index is 1.86. The maximum absolute atomic E-state index is 5.55. The van der Waals surface area contributed by atoms with Crippen molar-refractivity contribution in [2.75, 3.05) is 17.6 Å². The first kappa shape index (κ1) is 9.57. The number of nitrogen functional groups attached to an aromatic ring is 1. The predicted molar refractivity (Wildman–Crippen MR) is 58.4 cm³/mol. The van der Waals surface area contributed by atoms with E-state index in [-0.39, 0.29) is 0 Å². The molecule has 0 aliphatic heterocycles. The van der Waals surface area contributed by atoms with Gasteiger partial charge in [-0.25, -0.2) is 0 Å². The van der Waals surface area contributed by atoms with E-state index in [0.717, 1.165) is 13.0 Å². The molecule has 2 aromatic rings. The molecule has 4 N–H and O–H groups in total. The summed E-state index contributed by atoms with van der Waals surface area (Å²) in [5, 5.41) is 10.8. The van der Waals surface area contributed by atoms with Crippen LogP contribution in [0.1, 0.15) is 5.56 Å². The second kappa shape index (κ2) is 4.04. The molecule has 0 bridgehead atoms. The van der Waals surface area contributed by atoms with Gasteiger partial charge in [0.15, 0.2) is 0 Å². The maximum Gasteiger partial charge on any atom is 0.225 e. The third-order valence-corrected chi connectivity index (χ3v) is 2.27.